The molecule has 1 atom stereocenters. The molecule has 0 radical (unpaired) electrons. The van der Waals surface area contributed by atoms with Gasteiger partial charge in [-0.2, -0.15) is 0 Å². The molecule has 0 saturated carbocycles. The van der Waals surface area contributed by atoms with E-state index in [-0.39, 0.29) is 0 Å². The lowest BCUT2D eigenvalue weighted by atomic mass is 10.1. The number of hydrogen-bond donors (Lipinski definition) is 1. The molecule has 1 aromatic heterocycles. The van der Waals surface area contributed by atoms with E-state index < -0.39 is 0 Å². The van der Waals surface area contributed by atoms with Crippen molar-refractivity contribution in [3.63, 3.8) is 0 Å². The highest BCUT2D eigenvalue weighted by Gasteiger charge is 2.23. The van der Waals surface area contributed by atoms with Crippen molar-refractivity contribution in [2.24, 2.45) is 5.92 Å². The largest absolute Gasteiger partial charge is 0.370 e. The van der Waals surface area contributed by atoms with Crippen LogP contribution in [0.4, 0.5) is 5.82 Å². The number of pyridine rings is 1. The van der Waals surface area contributed by atoms with Gasteiger partial charge in [0.25, 0.3) is 0 Å². The van der Waals surface area contributed by atoms with Crippen LogP contribution in [0, 0.1) is 5.92 Å². The van der Waals surface area contributed by atoms with E-state index in [0.717, 1.165) is 18.3 Å². The molecule has 1 saturated heterocycles. The Morgan fingerprint density at radius 2 is 2.38 bits per heavy atom. The summed E-state index contributed by atoms with van der Waals surface area (Å²) < 4.78 is 0. The lowest BCUT2D eigenvalue weighted by molar-refractivity contribution is 0.266. The monoisotopic (exact) mass is 219 g/mol. The number of anilines is 1. The van der Waals surface area contributed by atoms with E-state index in [2.05, 4.69) is 29.0 Å². The molecule has 3 heteroatoms. The zero-order valence-corrected chi connectivity index (χ0v) is 10.2. The highest BCUT2D eigenvalue weighted by atomic mass is 15.2. The van der Waals surface area contributed by atoms with Crippen LogP contribution in [0.5, 0.6) is 0 Å². The van der Waals surface area contributed by atoms with Crippen molar-refractivity contribution in [1.29, 1.82) is 0 Å². The zero-order chi connectivity index (χ0) is 11.4. The first kappa shape index (κ1) is 11.4. The molecule has 3 nitrogen and oxygen atoms in total. The first-order valence-corrected chi connectivity index (χ1v) is 6.14. The van der Waals surface area contributed by atoms with Crippen molar-refractivity contribution in [3.05, 3.63) is 24.4 Å². The molecule has 1 aromatic rings. The highest BCUT2D eigenvalue weighted by molar-refractivity contribution is 5.33. The quantitative estimate of drug-likeness (QED) is 0.841. The zero-order valence-electron chi connectivity index (χ0n) is 10.2. The summed E-state index contributed by atoms with van der Waals surface area (Å²) in [7, 11) is 0. The SMILES string of the molecule is CC(C)N1CCC(CNc2ccccn2)C1. The third-order valence-corrected chi connectivity index (χ3v) is 3.28. The molecule has 88 valence electrons. The summed E-state index contributed by atoms with van der Waals surface area (Å²) >= 11 is 0. The Bertz CT molecular complexity index is 310. The van der Waals surface area contributed by atoms with E-state index >= 15 is 0 Å². The second-order valence-corrected chi connectivity index (χ2v) is 4.84. The Labute approximate surface area is 97.9 Å². The van der Waals surface area contributed by atoms with E-state index in [1.165, 1.54) is 19.5 Å². The Hall–Kier alpha value is -1.09. The van der Waals surface area contributed by atoms with E-state index in [1.807, 2.05) is 24.4 Å². The van der Waals surface area contributed by atoms with Crippen LogP contribution in [0.25, 0.3) is 0 Å². The Kier molecular flexibility index (Phi) is 3.78. The maximum absolute atomic E-state index is 4.27. The molecule has 1 fully saturated rings. The number of nitrogens with one attached hydrogen (secondary N) is 1. The van der Waals surface area contributed by atoms with Crippen molar-refractivity contribution in [2.45, 2.75) is 26.3 Å². The Morgan fingerprint density at radius 3 is 3.00 bits per heavy atom. The number of aromatic nitrogens is 1. The lowest BCUT2D eigenvalue weighted by Gasteiger charge is -2.20. The number of hydrogen-bond acceptors (Lipinski definition) is 3. The second kappa shape index (κ2) is 5.30. The predicted molar refractivity (Wildman–Crippen MR) is 67.5 cm³/mol. The van der Waals surface area contributed by atoms with Gasteiger partial charge in [-0.1, -0.05) is 6.07 Å². The Morgan fingerprint density at radius 1 is 1.50 bits per heavy atom. The molecule has 16 heavy (non-hydrogen) atoms. The van der Waals surface area contributed by atoms with Gasteiger partial charge in [-0.15, -0.1) is 0 Å². The van der Waals surface area contributed by atoms with Crippen molar-refractivity contribution in [3.8, 4) is 0 Å². The summed E-state index contributed by atoms with van der Waals surface area (Å²) in [6, 6.07) is 6.67. The van der Waals surface area contributed by atoms with E-state index in [4.69, 9.17) is 0 Å². The minimum absolute atomic E-state index is 0.680. The molecule has 0 aromatic carbocycles. The molecule has 0 aliphatic carbocycles. The van der Waals surface area contributed by atoms with Crippen molar-refractivity contribution < 1.29 is 0 Å². The van der Waals surface area contributed by atoms with Crippen LogP contribution < -0.4 is 5.32 Å². The average molecular weight is 219 g/mol. The van der Waals surface area contributed by atoms with Crippen LogP contribution in [0.15, 0.2) is 24.4 Å². The van der Waals surface area contributed by atoms with E-state index in [1.54, 1.807) is 0 Å². The summed E-state index contributed by atoms with van der Waals surface area (Å²) in [4.78, 5) is 6.82. The molecule has 0 bridgehead atoms. The summed E-state index contributed by atoms with van der Waals surface area (Å²) in [5.41, 5.74) is 0. The molecule has 1 aliphatic rings. The van der Waals surface area contributed by atoms with E-state index in [0.29, 0.717) is 6.04 Å². The number of rotatable bonds is 4. The maximum atomic E-state index is 4.27. The standard InChI is InChI=1S/C13H21N3/c1-11(2)16-8-6-12(10-16)9-15-13-5-3-4-7-14-13/h3-5,7,11-12H,6,8-10H2,1-2H3,(H,14,15). The van der Waals surface area contributed by atoms with Crippen molar-refractivity contribution >= 4 is 5.82 Å². The van der Waals surface area contributed by atoms with Gasteiger partial charge < -0.3 is 10.2 Å². The van der Waals surface area contributed by atoms with Gasteiger partial charge in [0.1, 0.15) is 5.82 Å². The molecular formula is C13H21N3. The normalized spacial score (nSPS) is 21.6. The fourth-order valence-corrected chi connectivity index (χ4v) is 2.21. The van der Waals surface area contributed by atoms with Crippen molar-refractivity contribution in [1.82, 2.24) is 9.88 Å². The summed E-state index contributed by atoms with van der Waals surface area (Å²) in [5.74, 6) is 1.76. The molecule has 1 aliphatic heterocycles. The fourth-order valence-electron chi connectivity index (χ4n) is 2.21. The van der Waals surface area contributed by atoms with Gasteiger partial charge >= 0.3 is 0 Å². The third-order valence-electron chi connectivity index (χ3n) is 3.28. The van der Waals surface area contributed by atoms with Crippen LogP contribution in [0.2, 0.25) is 0 Å². The maximum Gasteiger partial charge on any atom is 0.125 e. The van der Waals surface area contributed by atoms with Gasteiger partial charge in [-0.05, 0) is 44.9 Å². The van der Waals surface area contributed by atoms with Crippen LogP contribution in [-0.2, 0) is 0 Å². The topological polar surface area (TPSA) is 28.2 Å². The first-order valence-electron chi connectivity index (χ1n) is 6.14. The molecule has 1 N–H and O–H groups in total. The lowest BCUT2D eigenvalue weighted by Crippen LogP contribution is -2.29. The first-order chi connectivity index (χ1) is 7.75. The summed E-state index contributed by atoms with van der Waals surface area (Å²) in [6.07, 6.45) is 3.13. The molecule has 2 rings (SSSR count). The van der Waals surface area contributed by atoms with Crippen molar-refractivity contribution in [2.75, 3.05) is 25.0 Å². The van der Waals surface area contributed by atoms with Crippen LogP contribution >= 0.6 is 0 Å². The molecule has 0 spiro atoms. The van der Waals surface area contributed by atoms with E-state index in [9.17, 15) is 0 Å². The fraction of sp³-hybridized carbons (Fsp3) is 0.615. The highest BCUT2D eigenvalue weighted by Crippen LogP contribution is 2.18. The van der Waals surface area contributed by atoms with Gasteiger partial charge in [0.2, 0.25) is 0 Å². The van der Waals surface area contributed by atoms with Crippen LogP contribution in [0.3, 0.4) is 0 Å². The number of likely N-dealkylation sites (tertiary alicyclic amines) is 1. The minimum Gasteiger partial charge on any atom is -0.370 e. The summed E-state index contributed by atoms with van der Waals surface area (Å²) in [6.45, 7) is 8.05. The summed E-state index contributed by atoms with van der Waals surface area (Å²) in [5, 5.41) is 3.41. The predicted octanol–water partition coefficient (Wildman–Crippen LogP) is 2.22. The molecule has 2 heterocycles. The minimum atomic E-state index is 0.680. The van der Waals surface area contributed by atoms with Gasteiger partial charge in [0.05, 0.1) is 0 Å². The van der Waals surface area contributed by atoms with Crippen LogP contribution in [0.1, 0.15) is 20.3 Å². The van der Waals surface area contributed by atoms with Gasteiger partial charge in [0, 0.05) is 25.3 Å². The Balaban J connectivity index is 1.76. The smallest absolute Gasteiger partial charge is 0.125 e. The van der Waals surface area contributed by atoms with Gasteiger partial charge in [-0.3, -0.25) is 0 Å². The average Bonchev–Trinajstić information content (AvgIpc) is 2.76. The van der Waals surface area contributed by atoms with Gasteiger partial charge in [0.15, 0.2) is 0 Å². The molecular weight excluding hydrogens is 198 g/mol. The number of nitrogens with zero attached hydrogens (tertiary/aromatic N) is 2. The third kappa shape index (κ3) is 2.95. The molecule has 0 amide bonds. The van der Waals surface area contributed by atoms with Crippen LogP contribution in [-0.4, -0.2) is 35.6 Å². The molecule has 1 unspecified atom stereocenters. The second-order valence-electron chi connectivity index (χ2n) is 4.84. The van der Waals surface area contributed by atoms with Gasteiger partial charge in [-0.25, -0.2) is 4.98 Å².